The Morgan fingerprint density at radius 1 is 0.878 bits per heavy atom. The predicted octanol–water partition coefficient (Wildman–Crippen LogP) is 6.97. The van der Waals surface area contributed by atoms with E-state index in [1.807, 2.05) is 84.6 Å². The summed E-state index contributed by atoms with van der Waals surface area (Å²) in [5.74, 6) is -0.894. The van der Waals surface area contributed by atoms with E-state index in [0.717, 1.165) is 16.8 Å². The number of rotatable bonds is 4. The second-order valence-corrected chi connectivity index (χ2v) is 11.4. The number of hydrogen-bond donors (Lipinski definition) is 0. The van der Waals surface area contributed by atoms with Gasteiger partial charge in [0.1, 0.15) is 17.2 Å². The molecule has 5 nitrogen and oxygen atoms in total. The molecule has 0 amide bonds. The van der Waals surface area contributed by atoms with Crippen molar-refractivity contribution in [1.29, 1.82) is 0 Å². The lowest BCUT2D eigenvalue weighted by Gasteiger charge is -2.37. The minimum absolute atomic E-state index is 0.160. The second-order valence-electron chi connectivity index (χ2n) is 10.9. The van der Waals surface area contributed by atoms with Crippen molar-refractivity contribution in [2.24, 2.45) is 5.41 Å². The molecule has 1 aliphatic carbocycles. The number of nitrogens with zero attached hydrogens (tertiary/aromatic N) is 1. The molecule has 2 heterocycles. The molecule has 2 aliphatic heterocycles. The zero-order valence-corrected chi connectivity index (χ0v) is 23.3. The van der Waals surface area contributed by atoms with Gasteiger partial charge in [-0.25, -0.2) is 0 Å². The molecule has 1 spiro atoms. The Morgan fingerprint density at radius 3 is 2.27 bits per heavy atom. The van der Waals surface area contributed by atoms with Gasteiger partial charge in [-0.15, -0.1) is 0 Å². The highest BCUT2D eigenvalue weighted by molar-refractivity contribution is 6.32. The van der Waals surface area contributed by atoms with Crippen LogP contribution in [-0.4, -0.2) is 36.5 Å². The topological polar surface area (TPSA) is 63.7 Å². The van der Waals surface area contributed by atoms with Crippen LogP contribution >= 0.6 is 11.6 Å². The Morgan fingerprint density at radius 2 is 1.59 bits per heavy atom. The smallest absolute Gasteiger partial charge is 0.185 e. The first-order valence-corrected chi connectivity index (χ1v) is 13.9. The predicted molar refractivity (Wildman–Crippen MR) is 159 cm³/mol. The molecule has 6 heteroatoms. The molecule has 0 radical (unpaired) electrons. The van der Waals surface area contributed by atoms with Gasteiger partial charge in [0.25, 0.3) is 0 Å². The maximum atomic E-state index is 14.7. The van der Waals surface area contributed by atoms with E-state index in [0.29, 0.717) is 33.0 Å². The summed E-state index contributed by atoms with van der Waals surface area (Å²) >= 11 is 6.37. The van der Waals surface area contributed by atoms with Crippen molar-refractivity contribution in [2.75, 3.05) is 12.0 Å². The van der Waals surface area contributed by atoms with Crippen molar-refractivity contribution in [2.45, 2.75) is 24.9 Å². The molecule has 1 fully saturated rings. The van der Waals surface area contributed by atoms with Crippen molar-refractivity contribution < 1.29 is 19.1 Å². The lowest BCUT2D eigenvalue weighted by molar-refractivity contribution is 0.0665. The van der Waals surface area contributed by atoms with E-state index in [2.05, 4.69) is 0 Å². The molecule has 1 saturated heterocycles. The average molecular weight is 560 g/mol. The van der Waals surface area contributed by atoms with E-state index in [1.54, 1.807) is 37.4 Å². The summed E-state index contributed by atoms with van der Waals surface area (Å²) in [5.41, 5.74) is 3.06. The van der Waals surface area contributed by atoms with E-state index >= 15 is 0 Å². The molecule has 202 valence electrons. The minimum atomic E-state index is -1.56. The fourth-order valence-corrected chi connectivity index (χ4v) is 7.22. The quantitative estimate of drug-likeness (QED) is 0.199. The average Bonchev–Trinajstić information content (AvgIpc) is 3.43. The first-order chi connectivity index (χ1) is 19.9. The Labute approximate surface area is 243 Å². The maximum absolute atomic E-state index is 14.7. The monoisotopic (exact) mass is 559 g/mol. The molecule has 41 heavy (non-hydrogen) atoms. The molecule has 0 bridgehead atoms. The summed E-state index contributed by atoms with van der Waals surface area (Å²) in [5, 5.41) is 0.562. The first kappa shape index (κ1) is 25.5. The summed E-state index contributed by atoms with van der Waals surface area (Å²) in [6.45, 7) is 1.97. The number of halogens is 1. The van der Waals surface area contributed by atoms with E-state index < -0.39 is 23.4 Å². The van der Waals surface area contributed by atoms with Crippen molar-refractivity contribution in [3.63, 3.8) is 0 Å². The third-order valence-electron chi connectivity index (χ3n) is 8.82. The fraction of sp³-hybridized carbons (Fsp3) is 0.171. The van der Waals surface area contributed by atoms with Gasteiger partial charge in [0, 0.05) is 33.3 Å². The van der Waals surface area contributed by atoms with Crippen molar-refractivity contribution >= 4 is 40.7 Å². The molecule has 0 N–H and O–H groups in total. The van der Waals surface area contributed by atoms with Crippen LogP contribution < -0.4 is 9.64 Å². The highest BCUT2D eigenvalue weighted by Gasteiger charge is 2.71. The molecular weight excluding hydrogens is 534 g/mol. The summed E-state index contributed by atoms with van der Waals surface area (Å²) in [4.78, 5) is 46.1. The number of hydrogen-bond acceptors (Lipinski definition) is 5. The largest absolute Gasteiger partial charge is 0.497 e. The standard InChI is InChI=1S/C35H26ClNO4/c1-20-10-12-21(13-11-20)32(38)31-30(23-6-5-7-25(19-23)41-2)35(33(39)26-8-3-4-9-27(26)34(35)40)29-17-14-22-18-24(36)15-16-28(22)37(29)31/h3-19,29-31H,1-2H3/t29-,30+,31-/m1/s1. The molecule has 7 rings (SSSR count). The number of methoxy groups -OCH3 is 1. The highest BCUT2D eigenvalue weighted by atomic mass is 35.5. The zero-order chi connectivity index (χ0) is 28.5. The molecule has 0 aromatic heterocycles. The number of anilines is 1. The number of aryl methyl sites for hydroxylation is 1. The highest BCUT2D eigenvalue weighted by Crippen LogP contribution is 2.61. The summed E-state index contributed by atoms with van der Waals surface area (Å²) in [6, 6.07) is 25.8. The number of fused-ring (bicyclic) bond motifs is 5. The van der Waals surface area contributed by atoms with Gasteiger partial charge in [-0.3, -0.25) is 14.4 Å². The van der Waals surface area contributed by atoms with Gasteiger partial charge in [-0.1, -0.05) is 90.0 Å². The van der Waals surface area contributed by atoms with Crippen LogP contribution in [0.15, 0.2) is 97.1 Å². The van der Waals surface area contributed by atoms with Gasteiger partial charge in [0.15, 0.2) is 17.3 Å². The Bertz CT molecular complexity index is 1760. The summed E-state index contributed by atoms with van der Waals surface area (Å²) < 4.78 is 5.57. The summed E-state index contributed by atoms with van der Waals surface area (Å²) in [7, 11) is 1.58. The third kappa shape index (κ3) is 3.52. The van der Waals surface area contributed by atoms with Crippen LogP contribution in [0.3, 0.4) is 0 Å². The lowest BCUT2D eigenvalue weighted by atomic mass is 9.64. The van der Waals surface area contributed by atoms with Crippen LogP contribution in [-0.2, 0) is 0 Å². The van der Waals surface area contributed by atoms with E-state index in [1.165, 1.54) is 0 Å². The number of ketones is 3. The van der Waals surface area contributed by atoms with Gasteiger partial charge >= 0.3 is 0 Å². The number of benzene rings is 4. The van der Waals surface area contributed by atoms with Crippen LogP contribution in [0.25, 0.3) is 6.08 Å². The van der Waals surface area contributed by atoms with Gasteiger partial charge in [0.05, 0.1) is 13.2 Å². The fourth-order valence-electron chi connectivity index (χ4n) is 7.04. The second kappa shape index (κ2) is 9.28. The zero-order valence-electron chi connectivity index (χ0n) is 22.5. The number of Topliss-reactive ketones (excluding diaryl/α,β-unsaturated/α-hetero) is 3. The molecular formula is C35H26ClNO4. The number of carbonyl (C=O) groups is 3. The van der Waals surface area contributed by atoms with E-state index in [4.69, 9.17) is 16.3 Å². The van der Waals surface area contributed by atoms with Crippen LogP contribution in [0.5, 0.6) is 5.75 Å². The summed E-state index contributed by atoms with van der Waals surface area (Å²) in [6.07, 6.45) is 3.81. The molecule has 4 aromatic carbocycles. The van der Waals surface area contributed by atoms with Gasteiger partial charge in [-0.05, 0) is 48.4 Å². The van der Waals surface area contributed by atoms with E-state index in [-0.39, 0.29) is 17.3 Å². The Balaban J connectivity index is 1.55. The SMILES string of the molecule is COc1cccc([C@H]2[C@H](C(=O)c3ccc(C)cc3)N3c4ccc(Cl)cc4C=C[C@@H]3C23C(=O)c2ccccc2C3=O)c1. The molecule has 0 saturated carbocycles. The number of ether oxygens (including phenoxy) is 1. The Hall–Kier alpha value is -4.48. The van der Waals surface area contributed by atoms with Crippen LogP contribution in [0, 0.1) is 12.3 Å². The first-order valence-electron chi connectivity index (χ1n) is 13.6. The van der Waals surface area contributed by atoms with Crippen molar-refractivity contribution in [3.8, 4) is 5.75 Å². The molecule has 0 unspecified atom stereocenters. The Kier molecular flexibility index (Phi) is 5.77. The van der Waals surface area contributed by atoms with E-state index in [9.17, 15) is 14.4 Å². The van der Waals surface area contributed by atoms with Crippen LogP contribution in [0.4, 0.5) is 5.69 Å². The van der Waals surface area contributed by atoms with Crippen molar-refractivity contribution in [1.82, 2.24) is 0 Å². The lowest BCUT2D eigenvalue weighted by Crippen LogP contribution is -2.48. The molecule has 3 aliphatic rings. The van der Waals surface area contributed by atoms with Gasteiger partial charge < -0.3 is 9.64 Å². The molecule has 4 aromatic rings. The van der Waals surface area contributed by atoms with Crippen LogP contribution in [0.1, 0.15) is 53.7 Å². The minimum Gasteiger partial charge on any atom is -0.497 e. The third-order valence-corrected chi connectivity index (χ3v) is 9.06. The van der Waals surface area contributed by atoms with Crippen LogP contribution in [0.2, 0.25) is 5.02 Å². The van der Waals surface area contributed by atoms with Gasteiger partial charge in [-0.2, -0.15) is 0 Å². The molecule has 3 atom stereocenters. The van der Waals surface area contributed by atoms with Gasteiger partial charge in [0.2, 0.25) is 0 Å². The normalized spacial score (nSPS) is 21.5. The van der Waals surface area contributed by atoms with Crippen molar-refractivity contribution in [3.05, 3.63) is 135 Å². The maximum Gasteiger partial charge on any atom is 0.185 e. The number of carbonyl (C=O) groups excluding carboxylic acids is 3.